The molecule has 4 heteroatoms. The van der Waals surface area contributed by atoms with Crippen LogP contribution in [-0.2, 0) is 11.3 Å². The summed E-state index contributed by atoms with van der Waals surface area (Å²) < 4.78 is 5.88. The van der Waals surface area contributed by atoms with Crippen LogP contribution in [0, 0.1) is 0 Å². The van der Waals surface area contributed by atoms with E-state index in [1.54, 1.807) is 0 Å². The van der Waals surface area contributed by atoms with E-state index in [0.29, 0.717) is 12.2 Å². The van der Waals surface area contributed by atoms with Crippen molar-refractivity contribution >= 4 is 17.3 Å². The first kappa shape index (κ1) is 14.2. The van der Waals surface area contributed by atoms with Gasteiger partial charge in [-0.15, -0.1) is 0 Å². The van der Waals surface area contributed by atoms with E-state index in [1.165, 1.54) is 24.1 Å². The highest BCUT2D eigenvalue weighted by molar-refractivity contribution is 6.31. The Hall–Kier alpha value is -0.770. The van der Waals surface area contributed by atoms with Crippen molar-refractivity contribution in [2.75, 3.05) is 24.5 Å². The lowest BCUT2D eigenvalue weighted by Gasteiger charge is -2.34. The van der Waals surface area contributed by atoms with Gasteiger partial charge in [0.2, 0.25) is 0 Å². The van der Waals surface area contributed by atoms with Gasteiger partial charge in [0.05, 0.1) is 12.2 Å². The predicted molar refractivity (Wildman–Crippen MR) is 83.6 cm³/mol. The van der Waals surface area contributed by atoms with Crippen molar-refractivity contribution < 1.29 is 4.74 Å². The van der Waals surface area contributed by atoms with Gasteiger partial charge in [0.1, 0.15) is 0 Å². The van der Waals surface area contributed by atoms with Gasteiger partial charge in [-0.1, -0.05) is 24.6 Å². The molecule has 2 fully saturated rings. The Labute approximate surface area is 126 Å². The zero-order valence-electron chi connectivity index (χ0n) is 12.1. The van der Waals surface area contributed by atoms with Gasteiger partial charge in [-0.2, -0.15) is 0 Å². The molecule has 0 saturated carbocycles. The summed E-state index contributed by atoms with van der Waals surface area (Å²) >= 11 is 6.42. The molecule has 3 rings (SSSR count). The summed E-state index contributed by atoms with van der Waals surface area (Å²) in [6.07, 6.45) is 4.38. The van der Waals surface area contributed by atoms with Gasteiger partial charge in [-0.25, -0.2) is 0 Å². The average molecular weight is 295 g/mol. The number of fused-ring (bicyclic) bond motifs is 2. The number of hydrogen-bond donors (Lipinski definition) is 1. The average Bonchev–Trinajstić information content (AvgIpc) is 2.79. The lowest BCUT2D eigenvalue weighted by Crippen LogP contribution is -2.42. The number of nitrogens with zero attached hydrogens (tertiary/aromatic N) is 1. The highest BCUT2D eigenvalue weighted by Gasteiger charge is 2.33. The number of halogens is 1. The third-order valence-electron chi connectivity index (χ3n) is 4.19. The molecule has 2 saturated heterocycles. The molecule has 0 radical (unpaired) electrons. The standard InChI is InChI=1S/C16H23ClN2O/c1-2-7-18-9-12-3-4-13(8-16(12)17)19-10-14-5-6-15(11-19)20-14/h3-4,8,14-15,18H,2,5-7,9-11H2,1H3. The van der Waals surface area contributed by atoms with Gasteiger partial charge in [-0.3, -0.25) is 0 Å². The van der Waals surface area contributed by atoms with E-state index in [1.807, 2.05) is 0 Å². The van der Waals surface area contributed by atoms with Gasteiger partial charge in [0.15, 0.2) is 0 Å². The van der Waals surface area contributed by atoms with Crippen molar-refractivity contribution in [2.45, 2.75) is 44.9 Å². The normalized spacial score (nSPS) is 25.2. The molecule has 2 heterocycles. The molecule has 20 heavy (non-hydrogen) atoms. The lowest BCUT2D eigenvalue weighted by molar-refractivity contribution is 0.0305. The molecule has 110 valence electrons. The van der Waals surface area contributed by atoms with Gasteiger partial charge < -0.3 is 15.0 Å². The van der Waals surface area contributed by atoms with Crippen LogP contribution in [0.4, 0.5) is 5.69 Å². The molecule has 3 nitrogen and oxygen atoms in total. The Morgan fingerprint density at radius 1 is 1.30 bits per heavy atom. The van der Waals surface area contributed by atoms with Crippen molar-refractivity contribution in [3.8, 4) is 0 Å². The Morgan fingerprint density at radius 3 is 2.70 bits per heavy atom. The van der Waals surface area contributed by atoms with Crippen molar-refractivity contribution in [2.24, 2.45) is 0 Å². The van der Waals surface area contributed by atoms with Gasteiger partial charge in [0, 0.05) is 30.3 Å². The van der Waals surface area contributed by atoms with E-state index in [-0.39, 0.29) is 0 Å². The molecule has 2 atom stereocenters. The summed E-state index contributed by atoms with van der Waals surface area (Å²) in [6.45, 7) is 6.05. The van der Waals surface area contributed by atoms with Crippen molar-refractivity contribution in [3.63, 3.8) is 0 Å². The van der Waals surface area contributed by atoms with Crippen LogP contribution in [0.3, 0.4) is 0 Å². The Balaban J connectivity index is 1.67. The molecular formula is C16H23ClN2O. The number of hydrogen-bond acceptors (Lipinski definition) is 3. The van der Waals surface area contributed by atoms with Crippen molar-refractivity contribution in [1.29, 1.82) is 0 Å². The van der Waals surface area contributed by atoms with Gasteiger partial charge >= 0.3 is 0 Å². The summed E-state index contributed by atoms with van der Waals surface area (Å²) in [5.41, 5.74) is 2.41. The predicted octanol–water partition coefficient (Wildman–Crippen LogP) is 3.21. The fourth-order valence-corrected chi connectivity index (χ4v) is 3.34. The minimum absolute atomic E-state index is 0.415. The zero-order valence-corrected chi connectivity index (χ0v) is 12.8. The third kappa shape index (κ3) is 3.11. The van der Waals surface area contributed by atoms with E-state index in [4.69, 9.17) is 16.3 Å². The maximum absolute atomic E-state index is 6.42. The van der Waals surface area contributed by atoms with Crippen molar-refractivity contribution in [3.05, 3.63) is 28.8 Å². The molecular weight excluding hydrogens is 272 g/mol. The first-order chi connectivity index (χ1) is 9.76. The van der Waals surface area contributed by atoms with Crippen LogP contribution in [0.2, 0.25) is 5.02 Å². The number of morpholine rings is 1. The number of ether oxygens (including phenoxy) is 1. The smallest absolute Gasteiger partial charge is 0.0755 e. The third-order valence-corrected chi connectivity index (χ3v) is 4.54. The quantitative estimate of drug-likeness (QED) is 0.844. The summed E-state index contributed by atoms with van der Waals surface area (Å²) in [6, 6.07) is 6.45. The molecule has 0 amide bonds. The largest absolute Gasteiger partial charge is 0.371 e. The van der Waals surface area contributed by atoms with Crippen LogP contribution in [0.1, 0.15) is 31.7 Å². The van der Waals surface area contributed by atoms with Gasteiger partial charge in [0.25, 0.3) is 0 Å². The number of benzene rings is 1. The highest BCUT2D eigenvalue weighted by atomic mass is 35.5. The van der Waals surface area contributed by atoms with Gasteiger partial charge in [-0.05, 0) is 43.5 Å². The monoisotopic (exact) mass is 294 g/mol. The molecule has 1 N–H and O–H groups in total. The second kappa shape index (κ2) is 6.33. The van der Waals surface area contributed by atoms with Crippen LogP contribution >= 0.6 is 11.6 Å². The first-order valence-electron chi connectivity index (χ1n) is 7.66. The highest BCUT2D eigenvalue weighted by Crippen LogP contribution is 2.31. The van der Waals surface area contributed by atoms with E-state index in [2.05, 4.69) is 35.3 Å². The number of rotatable bonds is 5. The minimum atomic E-state index is 0.415. The fourth-order valence-electron chi connectivity index (χ4n) is 3.10. The zero-order chi connectivity index (χ0) is 13.9. The molecule has 1 aromatic carbocycles. The maximum Gasteiger partial charge on any atom is 0.0755 e. The summed E-state index contributed by atoms with van der Waals surface area (Å²) in [4.78, 5) is 2.42. The van der Waals surface area contributed by atoms with E-state index in [0.717, 1.165) is 37.6 Å². The van der Waals surface area contributed by atoms with Crippen LogP contribution in [0.15, 0.2) is 18.2 Å². The summed E-state index contributed by atoms with van der Waals surface area (Å²) in [5.74, 6) is 0. The minimum Gasteiger partial charge on any atom is -0.371 e. The molecule has 2 aliphatic rings. The lowest BCUT2D eigenvalue weighted by atomic mass is 10.1. The molecule has 2 unspecified atom stereocenters. The molecule has 2 bridgehead atoms. The molecule has 0 aromatic heterocycles. The summed E-state index contributed by atoms with van der Waals surface area (Å²) in [7, 11) is 0. The van der Waals surface area contributed by atoms with E-state index >= 15 is 0 Å². The fraction of sp³-hybridized carbons (Fsp3) is 0.625. The van der Waals surface area contributed by atoms with E-state index < -0.39 is 0 Å². The SMILES string of the molecule is CCCNCc1ccc(N2CC3CCC(C2)O3)cc1Cl. The Morgan fingerprint density at radius 2 is 2.05 bits per heavy atom. The molecule has 0 aliphatic carbocycles. The first-order valence-corrected chi connectivity index (χ1v) is 8.03. The maximum atomic E-state index is 6.42. The second-order valence-corrected chi connectivity index (χ2v) is 6.22. The van der Waals surface area contributed by atoms with Crippen LogP contribution in [-0.4, -0.2) is 31.8 Å². The molecule has 0 spiro atoms. The Kier molecular flexibility index (Phi) is 4.49. The number of anilines is 1. The van der Waals surface area contributed by atoms with Crippen LogP contribution in [0.5, 0.6) is 0 Å². The van der Waals surface area contributed by atoms with E-state index in [9.17, 15) is 0 Å². The number of nitrogens with one attached hydrogen (secondary N) is 1. The Bertz CT molecular complexity index is 454. The molecule has 1 aromatic rings. The van der Waals surface area contributed by atoms with Crippen molar-refractivity contribution in [1.82, 2.24) is 5.32 Å². The van der Waals surface area contributed by atoms with Crippen LogP contribution < -0.4 is 10.2 Å². The summed E-state index contributed by atoms with van der Waals surface area (Å²) in [5, 5.41) is 4.26. The van der Waals surface area contributed by atoms with Crippen LogP contribution in [0.25, 0.3) is 0 Å². The topological polar surface area (TPSA) is 24.5 Å². The second-order valence-electron chi connectivity index (χ2n) is 5.81. The molecule has 2 aliphatic heterocycles.